The summed E-state index contributed by atoms with van der Waals surface area (Å²) in [5, 5.41) is 1.88. The van der Waals surface area contributed by atoms with Crippen molar-refractivity contribution >= 4 is 50.4 Å². The first kappa shape index (κ1) is 12.9. The van der Waals surface area contributed by atoms with Crippen molar-refractivity contribution in [2.24, 2.45) is 5.73 Å². The third kappa shape index (κ3) is 2.85. The standard InChI is InChI=1S/C10H11BrN2O2S2/c11-6-1-4-17-8(6)10(14)13-2-3-15-7(5-13)9(12)16/h1,4,7H,2-3,5H2,(H2,12,16). The van der Waals surface area contributed by atoms with Gasteiger partial charge in [-0.2, -0.15) is 0 Å². The molecule has 0 aromatic carbocycles. The number of carbonyl (C=O) groups excluding carboxylic acids is 1. The van der Waals surface area contributed by atoms with Gasteiger partial charge in [0.15, 0.2) is 0 Å². The number of thiophene rings is 1. The Morgan fingerprint density at radius 3 is 3.06 bits per heavy atom. The molecule has 1 aliphatic rings. The second kappa shape index (κ2) is 5.43. The second-order valence-corrected chi connectivity index (χ2v) is 5.85. The summed E-state index contributed by atoms with van der Waals surface area (Å²) >= 11 is 9.67. The van der Waals surface area contributed by atoms with Crippen molar-refractivity contribution < 1.29 is 9.53 Å². The van der Waals surface area contributed by atoms with Crippen LogP contribution in [0.3, 0.4) is 0 Å². The van der Waals surface area contributed by atoms with E-state index in [1.165, 1.54) is 11.3 Å². The Hall–Kier alpha value is -0.500. The fourth-order valence-corrected chi connectivity index (χ4v) is 3.25. The van der Waals surface area contributed by atoms with Crippen LogP contribution in [0.5, 0.6) is 0 Å². The Kier molecular flexibility index (Phi) is 4.13. The highest BCUT2D eigenvalue weighted by Gasteiger charge is 2.27. The van der Waals surface area contributed by atoms with E-state index in [1.54, 1.807) is 4.90 Å². The van der Waals surface area contributed by atoms with Crippen molar-refractivity contribution in [1.29, 1.82) is 0 Å². The molecule has 1 atom stereocenters. The van der Waals surface area contributed by atoms with Gasteiger partial charge in [0.05, 0.1) is 13.2 Å². The third-order valence-electron chi connectivity index (χ3n) is 2.48. The number of carbonyl (C=O) groups is 1. The highest BCUT2D eigenvalue weighted by molar-refractivity contribution is 9.10. The first-order valence-electron chi connectivity index (χ1n) is 5.03. The van der Waals surface area contributed by atoms with E-state index in [9.17, 15) is 4.79 Å². The number of hydrogen-bond acceptors (Lipinski definition) is 4. The van der Waals surface area contributed by atoms with Gasteiger partial charge in [0, 0.05) is 11.0 Å². The SMILES string of the molecule is NC(=S)C1CN(C(=O)c2sccc2Br)CCO1. The fraction of sp³-hybridized carbons (Fsp3) is 0.400. The molecule has 0 spiro atoms. The molecule has 1 aliphatic heterocycles. The molecule has 2 heterocycles. The second-order valence-electron chi connectivity index (χ2n) is 3.61. The lowest BCUT2D eigenvalue weighted by atomic mass is 10.2. The average Bonchev–Trinajstić information content (AvgIpc) is 2.74. The minimum atomic E-state index is -0.332. The zero-order valence-electron chi connectivity index (χ0n) is 8.89. The number of amides is 1. The largest absolute Gasteiger partial charge is 0.391 e. The summed E-state index contributed by atoms with van der Waals surface area (Å²) < 4.78 is 6.22. The minimum absolute atomic E-state index is 0.00331. The molecule has 1 unspecified atom stereocenters. The molecular weight excluding hydrogens is 324 g/mol. The average molecular weight is 335 g/mol. The number of nitrogens with zero attached hydrogens (tertiary/aromatic N) is 1. The van der Waals surface area contributed by atoms with Crippen molar-refractivity contribution in [3.05, 3.63) is 20.8 Å². The zero-order valence-corrected chi connectivity index (χ0v) is 12.1. The van der Waals surface area contributed by atoms with Crippen LogP contribution in [0, 0.1) is 0 Å². The van der Waals surface area contributed by atoms with Gasteiger partial charge in [0.25, 0.3) is 5.91 Å². The van der Waals surface area contributed by atoms with Gasteiger partial charge in [-0.05, 0) is 27.4 Å². The molecule has 0 aliphatic carbocycles. The highest BCUT2D eigenvalue weighted by Crippen LogP contribution is 2.24. The van der Waals surface area contributed by atoms with Gasteiger partial charge in [-0.15, -0.1) is 11.3 Å². The monoisotopic (exact) mass is 334 g/mol. The van der Waals surface area contributed by atoms with Crippen LogP contribution in [-0.4, -0.2) is 41.6 Å². The summed E-state index contributed by atoms with van der Waals surface area (Å²) in [4.78, 5) is 14.9. The number of morpholine rings is 1. The summed E-state index contributed by atoms with van der Waals surface area (Å²) in [6.45, 7) is 1.47. The van der Waals surface area contributed by atoms with Crippen LogP contribution in [0.2, 0.25) is 0 Å². The molecular formula is C10H11BrN2O2S2. The Labute approximate surface area is 117 Å². The molecule has 1 aromatic heterocycles. The van der Waals surface area contributed by atoms with Gasteiger partial charge in [-0.25, -0.2) is 0 Å². The highest BCUT2D eigenvalue weighted by atomic mass is 79.9. The van der Waals surface area contributed by atoms with Gasteiger partial charge >= 0.3 is 0 Å². The maximum atomic E-state index is 12.2. The predicted octanol–water partition coefficient (Wildman–Crippen LogP) is 1.64. The Balaban J connectivity index is 2.10. The van der Waals surface area contributed by atoms with E-state index in [1.807, 2.05) is 11.4 Å². The summed E-state index contributed by atoms with van der Waals surface area (Å²) in [5.74, 6) is -0.00331. The van der Waals surface area contributed by atoms with E-state index >= 15 is 0 Å². The van der Waals surface area contributed by atoms with Crippen molar-refractivity contribution in [3.63, 3.8) is 0 Å². The smallest absolute Gasteiger partial charge is 0.265 e. The summed E-state index contributed by atoms with van der Waals surface area (Å²) in [5.41, 5.74) is 5.54. The molecule has 0 saturated carbocycles. The molecule has 1 fully saturated rings. The molecule has 7 heteroatoms. The van der Waals surface area contributed by atoms with Gasteiger partial charge in [0.1, 0.15) is 16.0 Å². The van der Waals surface area contributed by atoms with Crippen LogP contribution in [0.25, 0.3) is 0 Å². The van der Waals surface area contributed by atoms with Crippen LogP contribution >= 0.6 is 39.5 Å². The van der Waals surface area contributed by atoms with Crippen LogP contribution in [0.1, 0.15) is 9.67 Å². The maximum absolute atomic E-state index is 12.2. The molecule has 2 N–H and O–H groups in total. The normalized spacial score (nSPS) is 20.3. The number of rotatable bonds is 2. The van der Waals surface area contributed by atoms with Gasteiger partial charge in [-0.3, -0.25) is 4.79 Å². The quantitative estimate of drug-likeness (QED) is 0.835. The number of hydrogen-bond donors (Lipinski definition) is 1. The fourth-order valence-electron chi connectivity index (χ4n) is 1.60. The molecule has 1 saturated heterocycles. The lowest BCUT2D eigenvalue weighted by molar-refractivity contribution is 0.00899. The first-order chi connectivity index (χ1) is 8.09. The van der Waals surface area contributed by atoms with Crippen molar-refractivity contribution in [2.45, 2.75) is 6.10 Å². The Morgan fingerprint density at radius 2 is 2.47 bits per heavy atom. The van der Waals surface area contributed by atoms with Gasteiger partial charge in [-0.1, -0.05) is 12.2 Å². The maximum Gasteiger partial charge on any atom is 0.265 e. The van der Waals surface area contributed by atoms with E-state index < -0.39 is 0 Å². The number of nitrogens with two attached hydrogens (primary N) is 1. The van der Waals surface area contributed by atoms with Crippen molar-refractivity contribution in [3.8, 4) is 0 Å². The molecule has 0 bridgehead atoms. The van der Waals surface area contributed by atoms with Gasteiger partial charge < -0.3 is 15.4 Å². The van der Waals surface area contributed by atoms with E-state index in [2.05, 4.69) is 15.9 Å². The summed E-state index contributed by atoms with van der Waals surface area (Å²) in [6.07, 6.45) is -0.332. The first-order valence-corrected chi connectivity index (χ1v) is 7.11. The molecule has 17 heavy (non-hydrogen) atoms. The Bertz CT molecular complexity index is 449. The van der Waals surface area contributed by atoms with E-state index in [4.69, 9.17) is 22.7 Å². The molecule has 0 radical (unpaired) electrons. The van der Waals surface area contributed by atoms with Crippen molar-refractivity contribution in [2.75, 3.05) is 19.7 Å². The summed E-state index contributed by atoms with van der Waals surface area (Å²) in [6, 6.07) is 1.86. The molecule has 4 nitrogen and oxygen atoms in total. The van der Waals surface area contributed by atoms with Crippen LogP contribution in [0.15, 0.2) is 15.9 Å². The molecule has 92 valence electrons. The van der Waals surface area contributed by atoms with Crippen LogP contribution in [0.4, 0.5) is 0 Å². The zero-order chi connectivity index (χ0) is 12.4. The topological polar surface area (TPSA) is 55.6 Å². The Morgan fingerprint density at radius 1 is 1.71 bits per heavy atom. The van der Waals surface area contributed by atoms with Gasteiger partial charge in [0.2, 0.25) is 0 Å². The number of halogens is 1. The molecule has 2 rings (SSSR count). The van der Waals surface area contributed by atoms with Crippen LogP contribution in [-0.2, 0) is 4.74 Å². The summed E-state index contributed by atoms with van der Waals surface area (Å²) in [7, 11) is 0. The third-order valence-corrected chi connectivity index (χ3v) is 4.57. The van der Waals surface area contributed by atoms with Crippen molar-refractivity contribution in [1.82, 2.24) is 4.90 Å². The number of ether oxygens (including phenoxy) is 1. The lowest BCUT2D eigenvalue weighted by Gasteiger charge is -2.32. The number of thiocarbonyl (C=S) groups is 1. The van der Waals surface area contributed by atoms with E-state index in [0.29, 0.717) is 29.6 Å². The van der Waals surface area contributed by atoms with E-state index in [0.717, 1.165) is 4.47 Å². The molecule has 1 aromatic rings. The van der Waals surface area contributed by atoms with Crippen LogP contribution < -0.4 is 5.73 Å². The molecule has 1 amide bonds. The van der Waals surface area contributed by atoms with E-state index in [-0.39, 0.29) is 12.0 Å². The lowest BCUT2D eigenvalue weighted by Crippen LogP contribution is -2.49. The predicted molar refractivity (Wildman–Crippen MR) is 74.4 cm³/mol. The minimum Gasteiger partial charge on any atom is -0.391 e.